The number of carboxylic acids is 1. The largest absolute Gasteiger partial charge is 0.478 e. The standard InChI is InChI=1S/C16H14N2O3/c19-15(11-13-7-9-17-10-8-13)18-14-4-1-12(2-5-14)3-6-16(20)21/h1-10H,11H2,(H,18,19)(H,20,21)/b6-3+. The minimum absolute atomic E-state index is 0.116. The van der Waals surface area contributed by atoms with Gasteiger partial charge in [-0.2, -0.15) is 0 Å². The average Bonchev–Trinajstić information content (AvgIpc) is 2.47. The molecule has 2 aromatic rings. The van der Waals surface area contributed by atoms with Crippen molar-refractivity contribution < 1.29 is 14.7 Å². The molecule has 0 atom stereocenters. The van der Waals surface area contributed by atoms with Gasteiger partial charge in [0, 0.05) is 24.2 Å². The van der Waals surface area contributed by atoms with Gasteiger partial charge in [0.2, 0.25) is 5.91 Å². The van der Waals surface area contributed by atoms with Gasteiger partial charge in [0.25, 0.3) is 0 Å². The SMILES string of the molecule is O=C(O)/C=C/c1ccc(NC(=O)Cc2ccncc2)cc1. The Bertz CT molecular complexity index is 649. The van der Waals surface area contributed by atoms with Crippen molar-refractivity contribution in [1.29, 1.82) is 0 Å². The van der Waals surface area contributed by atoms with Gasteiger partial charge in [-0.3, -0.25) is 9.78 Å². The summed E-state index contributed by atoms with van der Waals surface area (Å²) in [6.07, 6.45) is 6.13. The Morgan fingerprint density at radius 1 is 1.10 bits per heavy atom. The first-order valence-corrected chi connectivity index (χ1v) is 6.33. The molecule has 0 fully saturated rings. The molecule has 0 spiro atoms. The second kappa shape index (κ2) is 7.00. The van der Waals surface area contributed by atoms with Crippen LogP contribution < -0.4 is 5.32 Å². The van der Waals surface area contributed by atoms with Crippen molar-refractivity contribution in [3.8, 4) is 0 Å². The van der Waals surface area contributed by atoms with Crippen LogP contribution >= 0.6 is 0 Å². The first-order chi connectivity index (χ1) is 10.1. The first kappa shape index (κ1) is 14.5. The van der Waals surface area contributed by atoms with E-state index in [1.165, 1.54) is 6.08 Å². The predicted molar refractivity (Wildman–Crippen MR) is 79.7 cm³/mol. The van der Waals surface area contributed by atoms with Gasteiger partial charge in [0.15, 0.2) is 0 Å². The average molecular weight is 282 g/mol. The molecule has 0 unspecified atom stereocenters. The van der Waals surface area contributed by atoms with Gasteiger partial charge in [-0.15, -0.1) is 0 Å². The van der Waals surface area contributed by atoms with E-state index in [-0.39, 0.29) is 12.3 Å². The second-order valence-electron chi connectivity index (χ2n) is 4.37. The third-order valence-electron chi connectivity index (χ3n) is 2.73. The predicted octanol–water partition coefficient (Wildman–Crippen LogP) is 2.36. The van der Waals surface area contributed by atoms with Gasteiger partial charge >= 0.3 is 5.97 Å². The highest BCUT2D eigenvalue weighted by Crippen LogP contribution is 2.11. The summed E-state index contributed by atoms with van der Waals surface area (Å²) in [5.41, 5.74) is 2.31. The topological polar surface area (TPSA) is 79.3 Å². The molecule has 1 aromatic heterocycles. The number of rotatable bonds is 5. The molecule has 0 aliphatic rings. The van der Waals surface area contributed by atoms with E-state index in [0.29, 0.717) is 5.69 Å². The van der Waals surface area contributed by atoms with Crippen LogP contribution in [-0.2, 0) is 16.0 Å². The molecule has 1 amide bonds. The van der Waals surface area contributed by atoms with Crippen molar-refractivity contribution in [1.82, 2.24) is 4.98 Å². The Morgan fingerprint density at radius 3 is 2.38 bits per heavy atom. The van der Waals surface area contributed by atoms with E-state index in [1.807, 2.05) is 0 Å². The Hall–Kier alpha value is -2.95. The maximum Gasteiger partial charge on any atom is 0.328 e. The Labute approximate surface area is 122 Å². The summed E-state index contributed by atoms with van der Waals surface area (Å²) < 4.78 is 0. The van der Waals surface area contributed by atoms with Gasteiger partial charge in [0.1, 0.15) is 0 Å². The third-order valence-corrected chi connectivity index (χ3v) is 2.73. The minimum atomic E-state index is -0.996. The molecule has 106 valence electrons. The molecule has 0 bridgehead atoms. The Balaban J connectivity index is 1.94. The summed E-state index contributed by atoms with van der Waals surface area (Å²) in [6.45, 7) is 0. The fourth-order valence-corrected chi connectivity index (χ4v) is 1.74. The summed E-state index contributed by atoms with van der Waals surface area (Å²) in [7, 11) is 0. The fourth-order valence-electron chi connectivity index (χ4n) is 1.74. The van der Waals surface area contributed by atoms with E-state index in [4.69, 9.17) is 5.11 Å². The lowest BCUT2D eigenvalue weighted by atomic mass is 10.1. The van der Waals surface area contributed by atoms with Gasteiger partial charge in [-0.25, -0.2) is 4.79 Å². The van der Waals surface area contributed by atoms with Crippen molar-refractivity contribution in [3.05, 3.63) is 66.0 Å². The monoisotopic (exact) mass is 282 g/mol. The van der Waals surface area contributed by atoms with Gasteiger partial charge in [0.05, 0.1) is 6.42 Å². The van der Waals surface area contributed by atoms with Crippen LogP contribution in [0.15, 0.2) is 54.9 Å². The van der Waals surface area contributed by atoms with Gasteiger partial charge < -0.3 is 10.4 Å². The van der Waals surface area contributed by atoms with E-state index in [1.54, 1.807) is 48.8 Å². The number of aliphatic carboxylic acids is 1. The van der Waals surface area contributed by atoms with Crippen molar-refractivity contribution in [2.45, 2.75) is 6.42 Å². The van der Waals surface area contributed by atoms with E-state index in [0.717, 1.165) is 17.2 Å². The van der Waals surface area contributed by atoms with Crippen LogP contribution in [0.4, 0.5) is 5.69 Å². The van der Waals surface area contributed by atoms with Crippen LogP contribution in [0.2, 0.25) is 0 Å². The van der Waals surface area contributed by atoms with Crippen molar-refractivity contribution in [3.63, 3.8) is 0 Å². The van der Waals surface area contributed by atoms with E-state index in [2.05, 4.69) is 10.3 Å². The number of amides is 1. The van der Waals surface area contributed by atoms with Crippen LogP contribution in [0.3, 0.4) is 0 Å². The van der Waals surface area contributed by atoms with Gasteiger partial charge in [-0.05, 0) is 41.5 Å². The highest BCUT2D eigenvalue weighted by molar-refractivity contribution is 5.92. The number of hydrogen-bond donors (Lipinski definition) is 2. The molecule has 2 N–H and O–H groups in total. The maximum absolute atomic E-state index is 11.9. The Kier molecular flexibility index (Phi) is 4.82. The third kappa shape index (κ3) is 4.91. The zero-order valence-corrected chi connectivity index (χ0v) is 11.2. The molecule has 0 radical (unpaired) electrons. The molecule has 0 aliphatic heterocycles. The number of anilines is 1. The number of hydrogen-bond acceptors (Lipinski definition) is 3. The molecular formula is C16H14N2O3. The highest BCUT2D eigenvalue weighted by Gasteiger charge is 2.03. The van der Waals surface area contributed by atoms with E-state index >= 15 is 0 Å². The summed E-state index contributed by atoms with van der Waals surface area (Å²) >= 11 is 0. The molecule has 5 nitrogen and oxygen atoms in total. The summed E-state index contributed by atoms with van der Waals surface area (Å²) in [4.78, 5) is 26.2. The van der Waals surface area contributed by atoms with Crippen molar-refractivity contribution >= 4 is 23.6 Å². The summed E-state index contributed by atoms with van der Waals surface area (Å²) in [6, 6.07) is 10.5. The molecule has 1 aromatic carbocycles. The molecule has 0 saturated carbocycles. The summed E-state index contributed by atoms with van der Waals surface area (Å²) in [5.74, 6) is -1.11. The molecule has 2 rings (SSSR count). The molecule has 21 heavy (non-hydrogen) atoms. The molecule has 5 heteroatoms. The lowest BCUT2D eigenvalue weighted by molar-refractivity contribution is -0.131. The minimum Gasteiger partial charge on any atom is -0.478 e. The number of pyridine rings is 1. The zero-order chi connectivity index (χ0) is 15.1. The highest BCUT2D eigenvalue weighted by atomic mass is 16.4. The molecule has 1 heterocycles. The van der Waals surface area contributed by atoms with Crippen LogP contribution in [-0.4, -0.2) is 22.0 Å². The number of benzene rings is 1. The molecule has 0 saturated heterocycles. The number of carboxylic acid groups (broad SMARTS) is 1. The van der Waals surface area contributed by atoms with Crippen molar-refractivity contribution in [2.24, 2.45) is 0 Å². The molecule has 0 aliphatic carbocycles. The number of aromatic nitrogens is 1. The lowest BCUT2D eigenvalue weighted by Gasteiger charge is -2.05. The van der Waals surface area contributed by atoms with E-state index in [9.17, 15) is 9.59 Å². The quantitative estimate of drug-likeness (QED) is 0.825. The lowest BCUT2D eigenvalue weighted by Crippen LogP contribution is -2.14. The van der Waals surface area contributed by atoms with Crippen LogP contribution in [0.5, 0.6) is 0 Å². The van der Waals surface area contributed by atoms with Crippen molar-refractivity contribution in [2.75, 3.05) is 5.32 Å². The number of nitrogens with zero attached hydrogens (tertiary/aromatic N) is 1. The van der Waals surface area contributed by atoms with Crippen LogP contribution in [0.25, 0.3) is 6.08 Å². The number of carbonyl (C=O) groups excluding carboxylic acids is 1. The Morgan fingerprint density at radius 2 is 1.76 bits per heavy atom. The van der Waals surface area contributed by atoms with Crippen LogP contribution in [0, 0.1) is 0 Å². The zero-order valence-electron chi connectivity index (χ0n) is 11.2. The first-order valence-electron chi connectivity index (χ1n) is 6.33. The summed E-state index contributed by atoms with van der Waals surface area (Å²) in [5, 5.41) is 11.3. The van der Waals surface area contributed by atoms with Gasteiger partial charge in [-0.1, -0.05) is 12.1 Å². The molecular weight excluding hydrogens is 268 g/mol. The van der Waals surface area contributed by atoms with Crippen LogP contribution in [0.1, 0.15) is 11.1 Å². The maximum atomic E-state index is 11.9. The smallest absolute Gasteiger partial charge is 0.328 e. The van der Waals surface area contributed by atoms with E-state index < -0.39 is 5.97 Å². The number of nitrogens with one attached hydrogen (secondary N) is 1. The fraction of sp³-hybridized carbons (Fsp3) is 0.0625. The normalized spacial score (nSPS) is 10.5. The second-order valence-corrected chi connectivity index (χ2v) is 4.37. The number of carbonyl (C=O) groups is 2.